The molecule has 2 heterocycles. The summed E-state index contributed by atoms with van der Waals surface area (Å²) in [5, 5.41) is 5.34. The molecule has 2 aromatic heterocycles. The topological polar surface area (TPSA) is 54.9 Å². The van der Waals surface area contributed by atoms with Gasteiger partial charge in [-0.1, -0.05) is 18.2 Å². The second-order valence-electron chi connectivity index (χ2n) is 5.22. The number of benzene rings is 1. The molecule has 0 unspecified atom stereocenters. The number of nitrogens with zero attached hydrogens (tertiary/aromatic N) is 2. The summed E-state index contributed by atoms with van der Waals surface area (Å²) in [6.45, 7) is 0.414. The summed E-state index contributed by atoms with van der Waals surface area (Å²) in [7, 11) is 0. The van der Waals surface area contributed by atoms with Crippen LogP contribution in [-0.4, -0.2) is 15.9 Å². The van der Waals surface area contributed by atoms with E-state index in [2.05, 4.69) is 15.3 Å². The number of hydrogen-bond donors (Lipinski definition) is 1. The second-order valence-corrected chi connectivity index (χ2v) is 6.08. The Bertz CT molecular complexity index is 820. The van der Waals surface area contributed by atoms with Gasteiger partial charge in [0, 0.05) is 23.6 Å². The summed E-state index contributed by atoms with van der Waals surface area (Å²) in [5.41, 5.74) is 2.11. The van der Waals surface area contributed by atoms with E-state index in [1.54, 1.807) is 24.4 Å². The minimum Gasteiger partial charge on any atom is -0.350 e. The molecule has 0 saturated carbocycles. The number of rotatable bonds is 6. The number of aromatic nitrogens is 2. The van der Waals surface area contributed by atoms with Gasteiger partial charge in [0.15, 0.2) is 0 Å². The molecule has 0 spiro atoms. The lowest BCUT2D eigenvalue weighted by atomic mass is 10.2. The predicted molar refractivity (Wildman–Crippen MR) is 91.9 cm³/mol. The number of amides is 1. The van der Waals surface area contributed by atoms with Crippen LogP contribution in [0.1, 0.15) is 17.8 Å². The highest BCUT2D eigenvalue weighted by Gasteiger charge is 2.10. The molecule has 4 nitrogen and oxygen atoms in total. The van der Waals surface area contributed by atoms with Crippen LogP contribution in [0.15, 0.2) is 54.0 Å². The molecule has 0 radical (unpaired) electrons. The van der Waals surface area contributed by atoms with Gasteiger partial charge >= 0.3 is 0 Å². The highest BCUT2D eigenvalue weighted by Crippen LogP contribution is 2.26. The van der Waals surface area contributed by atoms with Crippen molar-refractivity contribution in [3.8, 4) is 10.6 Å². The Morgan fingerprint density at radius 2 is 1.96 bits per heavy atom. The van der Waals surface area contributed by atoms with Gasteiger partial charge in [0.05, 0.1) is 17.9 Å². The fraction of sp³-hybridized carbons (Fsp3) is 0.167. The van der Waals surface area contributed by atoms with Crippen molar-refractivity contribution >= 4 is 17.2 Å². The minimum atomic E-state index is -0.286. The van der Waals surface area contributed by atoms with E-state index in [0.717, 1.165) is 11.4 Å². The van der Waals surface area contributed by atoms with Crippen molar-refractivity contribution in [2.24, 2.45) is 0 Å². The largest absolute Gasteiger partial charge is 0.350 e. The zero-order valence-electron chi connectivity index (χ0n) is 12.9. The number of aryl methyl sites for hydroxylation is 1. The molecule has 1 amide bonds. The molecule has 0 aliphatic carbocycles. The van der Waals surface area contributed by atoms with E-state index in [1.807, 2.05) is 23.6 Å². The van der Waals surface area contributed by atoms with E-state index in [-0.39, 0.29) is 11.7 Å². The Kier molecular flexibility index (Phi) is 5.28. The number of hydrogen-bond acceptors (Lipinski definition) is 4. The van der Waals surface area contributed by atoms with Crippen molar-refractivity contribution in [2.75, 3.05) is 0 Å². The van der Waals surface area contributed by atoms with Gasteiger partial charge in [-0.05, 0) is 30.7 Å². The smallest absolute Gasteiger partial charge is 0.220 e. The summed E-state index contributed by atoms with van der Waals surface area (Å²) in [6.07, 6.45) is 2.56. The third-order valence-corrected chi connectivity index (χ3v) is 4.38. The van der Waals surface area contributed by atoms with Gasteiger partial charge in [-0.3, -0.25) is 9.78 Å². The number of pyridine rings is 1. The van der Waals surface area contributed by atoms with Crippen LogP contribution in [-0.2, 0) is 17.8 Å². The molecule has 0 bridgehead atoms. The minimum absolute atomic E-state index is 0.0545. The van der Waals surface area contributed by atoms with Crippen molar-refractivity contribution in [2.45, 2.75) is 19.4 Å². The third kappa shape index (κ3) is 4.23. The standard InChI is InChI=1S/C18H16FN3OS/c19-16-7-2-1-6-15(16)18-22-14(12-24-18)8-9-17(23)21-11-13-5-3-4-10-20-13/h1-7,10,12H,8-9,11H2,(H,21,23). The van der Waals surface area contributed by atoms with Gasteiger partial charge < -0.3 is 5.32 Å². The molecule has 6 heteroatoms. The number of carbonyl (C=O) groups is 1. The van der Waals surface area contributed by atoms with Crippen LogP contribution in [0.25, 0.3) is 10.6 Å². The van der Waals surface area contributed by atoms with Gasteiger partial charge in [-0.25, -0.2) is 9.37 Å². The molecule has 122 valence electrons. The Morgan fingerprint density at radius 3 is 2.75 bits per heavy atom. The monoisotopic (exact) mass is 341 g/mol. The molecule has 3 rings (SSSR count). The molecule has 3 aromatic rings. The van der Waals surface area contributed by atoms with Crippen LogP contribution >= 0.6 is 11.3 Å². The fourth-order valence-electron chi connectivity index (χ4n) is 2.20. The van der Waals surface area contributed by atoms with Crippen LogP contribution < -0.4 is 5.32 Å². The van der Waals surface area contributed by atoms with Crippen molar-refractivity contribution in [1.82, 2.24) is 15.3 Å². The first-order chi connectivity index (χ1) is 11.7. The quantitative estimate of drug-likeness (QED) is 0.745. The maximum absolute atomic E-state index is 13.8. The van der Waals surface area contributed by atoms with E-state index >= 15 is 0 Å². The maximum atomic E-state index is 13.8. The Hall–Kier alpha value is -2.60. The van der Waals surface area contributed by atoms with E-state index in [4.69, 9.17) is 0 Å². The summed E-state index contributed by atoms with van der Waals surface area (Å²) >= 11 is 1.39. The fourth-order valence-corrected chi connectivity index (χ4v) is 3.08. The first-order valence-electron chi connectivity index (χ1n) is 7.58. The normalized spacial score (nSPS) is 10.5. The molecule has 0 fully saturated rings. The van der Waals surface area contributed by atoms with Crippen molar-refractivity contribution in [3.63, 3.8) is 0 Å². The zero-order valence-corrected chi connectivity index (χ0v) is 13.7. The van der Waals surface area contributed by atoms with Crippen LogP contribution in [0.3, 0.4) is 0 Å². The van der Waals surface area contributed by atoms with Gasteiger partial charge in [0.25, 0.3) is 0 Å². The van der Waals surface area contributed by atoms with E-state index in [0.29, 0.717) is 30.0 Å². The Morgan fingerprint density at radius 1 is 1.12 bits per heavy atom. The van der Waals surface area contributed by atoms with Crippen molar-refractivity contribution in [1.29, 1.82) is 0 Å². The van der Waals surface area contributed by atoms with Gasteiger partial charge in [0.1, 0.15) is 10.8 Å². The van der Waals surface area contributed by atoms with Crippen molar-refractivity contribution < 1.29 is 9.18 Å². The molecule has 0 saturated heterocycles. The lowest BCUT2D eigenvalue weighted by Gasteiger charge is -2.03. The summed E-state index contributed by atoms with van der Waals surface area (Å²) in [4.78, 5) is 20.5. The zero-order chi connectivity index (χ0) is 16.8. The molecular weight excluding hydrogens is 325 g/mol. The molecule has 1 N–H and O–H groups in total. The van der Waals surface area contributed by atoms with Gasteiger partial charge in [-0.15, -0.1) is 11.3 Å². The highest BCUT2D eigenvalue weighted by atomic mass is 32.1. The molecule has 0 aliphatic heterocycles. The van der Waals surface area contributed by atoms with Crippen LogP contribution in [0.4, 0.5) is 4.39 Å². The Balaban J connectivity index is 1.52. The number of carbonyl (C=O) groups excluding carboxylic acids is 1. The van der Waals surface area contributed by atoms with Crippen LogP contribution in [0.2, 0.25) is 0 Å². The average Bonchev–Trinajstić information content (AvgIpc) is 3.08. The number of thiazole rings is 1. The Labute approximate surface area is 143 Å². The summed E-state index contributed by atoms with van der Waals surface area (Å²) < 4.78 is 13.8. The molecule has 0 aliphatic rings. The molecule has 1 aromatic carbocycles. The third-order valence-electron chi connectivity index (χ3n) is 3.46. The van der Waals surface area contributed by atoms with E-state index < -0.39 is 0 Å². The predicted octanol–water partition coefficient (Wildman–Crippen LogP) is 3.59. The number of halogens is 1. The highest BCUT2D eigenvalue weighted by molar-refractivity contribution is 7.13. The molecule has 24 heavy (non-hydrogen) atoms. The summed E-state index contributed by atoms with van der Waals surface area (Å²) in [5.74, 6) is -0.340. The lowest BCUT2D eigenvalue weighted by Crippen LogP contribution is -2.23. The second kappa shape index (κ2) is 7.79. The average molecular weight is 341 g/mol. The van der Waals surface area contributed by atoms with Crippen molar-refractivity contribution in [3.05, 3.63) is 71.2 Å². The summed E-state index contributed by atoms with van der Waals surface area (Å²) in [6, 6.07) is 12.1. The van der Waals surface area contributed by atoms with Crippen LogP contribution in [0, 0.1) is 5.82 Å². The van der Waals surface area contributed by atoms with E-state index in [9.17, 15) is 9.18 Å². The number of nitrogens with one attached hydrogen (secondary N) is 1. The SMILES string of the molecule is O=C(CCc1csc(-c2ccccc2F)n1)NCc1ccccn1. The maximum Gasteiger partial charge on any atom is 0.220 e. The first-order valence-corrected chi connectivity index (χ1v) is 8.46. The van der Waals surface area contributed by atoms with Gasteiger partial charge in [0.2, 0.25) is 5.91 Å². The van der Waals surface area contributed by atoms with Crippen LogP contribution in [0.5, 0.6) is 0 Å². The molecule has 0 atom stereocenters. The van der Waals surface area contributed by atoms with E-state index in [1.165, 1.54) is 17.4 Å². The lowest BCUT2D eigenvalue weighted by molar-refractivity contribution is -0.121. The molecular formula is C18H16FN3OS. The van der Waals surface area contributed by atoms with Gasteiger partial charge in [-0.2, -0.15) is 0 Å². The first kappa shape index (κ1) is 16.3.